The zero-order chi connectivity index (χ0) is 21.3. The van der Waals surface area contributed by atoms with Gasteiger partial charge in [0.1, 0.15) is 21.7 Å². The van der Waals surface area contributed by atoms with Crippen LogP contribution in [-0.4, -0.2) is 22.7 Å². The van der Waals surface area contributed by atoms with Crippen molar-refractivity contribution in [3.63, 3.8) is 0 Å². The molecule has 114 valence electrons. The molecule has 0 aliphatic carbocycles. The van der Waals surface area contributed by atoms with Gasteiger partial charge in [-0.15, -0.1) is 11.3 Å². The Morgan fingerprint density at radius 2 is 2.36 bits per heavy atom. The SMILES string of the molecule is [2H]C([2H])([2H])C(COc1ccc(-c2nc(C)c(C(=O)O)s2)cc1C#N)C([2H])([2H])[2H]. The first-order valence-electron chi connectivity index (χ1n) is 9.22. The van der Waals surface area contributed by atoms with E-state index < -0.39 is 32.2 Å². The summed E-state index contributed by atoms with van der Waals surface area (Å²) in [6.45, 7) is -4.54. The van der Waals surface area contributed by atoms with Crippen LogP contribution in [0.15, 0.2) is 18.2 Å². The van der Waals surface area contributed by atoms with Gasteiger partial charge in [0.05, 0.1) is 17.9 Å². The number of aromatic carboxylic acids is 1. The molecule has 0 saturated heterocycles. The average Bonchev–Trinajstić information content (AvgIpc) is 2.94. The number of nitriles is 1. The second-order valence-electron chi connectivity index (χ2n) is 4.43. The molecule has 2 rings (SSSR count). The summed E-state index contributed by atoms with van der Waals surface area (Å²) < 4.78 is 49.7. The lowest BCUT2D eigenvalue weighted by molar-refractivity contribution is 0.0701. The van der Waals surface area contributed by atoms with Gasteiger partial charge in [0.2, 0.25) is 0 Å². The number of hydrogen-bond acceptors (Lipinski definition) is 5. The summed E-state index contributed by atoms with van der Waals surface area (Å²) in [6, 6.07) is 6.28. The molecule has 0 radical (unpaired) electrons. The van der Waals surface area contributed by atoms with E-state index in [-0.39, 0.29) is 16.2 Å². The minimum Gasteiger partial charge on any atom is -0.492 e. The Morgan fingerprint density at radius 3 is 2.95 bits per heavy atom. The highest BCUT2D eigenvalue weighted by Gasteiger charge is 2.16. The van der Waals surface area contributed by atoms with Crippen LogP contribution in [0, 0.1) is 24.2 Å². The van der Waals surface area contributed by atoms with Gasteiger partial charge in [-0.05, 0) is 31.0 Å². The van der Waals surface area contributed by atoms with E-state index in [9.17, 15) is 10.1 Å². The van der Waals surface area contributed by atoms with E-state index in [4.69, 9.17) is 18.1 Å². The topological polar surface area (TPSA) is 83.2 Å². The molecule has 0 saturated carbocycles. The van der Waals surface area contributed by atoms with Crippen LogP contribution in [0.25, 0.3) is 10.6 Å². The van der Waals surface area contributed by atoms with Crippen LogP contribution in [0.3, 0.4) is 0 Å². The van der Waals surface area contributed by atoms with Crippen molar-refractivity contribution in [3.05, 3.63) is 34.3 Å². The minimum atomic E-state index is -2.75. The van der Waals surface area contributed by atoms with Crippen LogP contribution >= 0.6 is 11.3 Å². The number of carbonyl (C=O) groups is 1. The number of benzene rings is 1. The summed E-state index contributed by atoms with van der Waals surface area (Å²) in [5.41, 5.74) is 0.897. The van der Waals surface area contributed by atoms with Crippen molar-refractivity contribution < 1.29 is 22.9 Å². The fourth-order valence-electron chi connectivity index (χ4n) is 1.77. The van der Waals surface area contributed by atoms with E-state index in [1.165, 1.54) is 12.1 Å². The molecule has 1 aromatic heterocycles. The lowest BCUT2D eigenvalue weighted by atomic mass is 10.1. The van der Waals surface area contributed by atoms with E-state index >= 15 is 0 Å². The van der Waals surface area contributed by atoms with Gasteiger partial charge in [0, 0.05) is 13.8 Å². The van der Waals surface area contributed by atoms with Crippen LogP contribution in [0.5, 0.6) is 5.75 Å². The normalized spacial score (nSPS) is 15.7. The summed E-state index contributed by atoms with van der Waals surface area (Å²) in [5, 5.41) is 18.9. The number of aryl methyl sites for hydroxylation is 1. The van der Waals surface area contributed by atoms with Crippen LogP contribution in [0.4, 0.5) is 0 Å². The second-order valence-corrected chi connectivity index (χ2v) is 5.42. The van der Waals surface area contributed by atoms with E-state index in [1.807, 2.05) is 6.07 Å². The van der Waals surface area contributed by atoms with Gasteiger partial charge in [0.15, 0.2) is 0 Å². The van der Waals surface area contributed by atoms with E-state index in [1.54, 1.807) is 13.0 Å². The molecule has 0 atom stereocenters. The highest BCUT2D eigenvalue weighted by molar-refractivity contribution is 7.17. The second kappa shape index (κ2) is 6.58. The van der Waals surface area contributed by atoms with Crippen LogP contribution in [0.2, 0.25) is 0 Å². The third-order valence-electron chi connectivity index (χ3n) is 2.74. The fraction of sp³-hybridized carbons (Fsp3) is 0.312. The predicted octanol–water partition coefficient (Wildman–Crippen LogP) is 3.72. The third-order valence-corrected chi connectivity index (χ3v) is 3.94. The number of rotatable bonds is 5. The molecule has 1 heterocycles. The Bertz CT molecular complexity index is 916. The molecular weight excluding hydrogens is 300 g/mol. The third kappa shape index (κ3) is 3.43. The van der Waals surface area contributed by atoms with Crippen molar-refractivity contribution in [1.29, 1.82) is 5.26 Å². The summed E-state index contributed by atoms with van der Waals surface area (Å²) in [6.07, 6.45) is 0. The number of carboxylic acid groups (broad SMARTS) is 1. The van der Waals surface area contributed by atoms with E-state index in [0.29, 0.717) is 16.3 Å². The Hall–Kier alpha value is -2.39. The molecule has 0 bridgehead atoms. The zero-order valence-electron chi connectivity index (χ0n) is 17.6. The van der Waals surface area contributed by atoms with Crippen molar-refractivity contribution in [1.82, 2.24) is 4.98 Å². The molecule has 0 aliphatic rings. The number of carboxylic acids is 1. The maximum Gasteiger partial charge on any atom is 0.347 e. The summed E-state index contributed by atoms with van der Waals surface area (Å²) in [5.74, 6) is -2.76. The number of ether oxygens (including phenoxy) is 1. The van der Waals surface area contributed by atoms with Gasteiger partial charge in [-0.25, -0.2) is 9.78 Å². The van der Waals surface area contributed by atoms with Crippen molar-refractivity contribution in [2.75, 3.05) is 6.61 Å². The minimum absolute atomic E-state index is 0.0384. The molecule has 0 unspecified atom stereocenters. The van der Waals surface area contributed by atoms with Crippen LogP contribution in [-0.2, 0) is 0 Å². The fourth-order valence-corrected chi connectivity index (χ4v) is 2.67. The summed E-state index contributed by atoms with van der Waals surface area (Å²) in [4.78, 5) is 15.4. The number of aromatic nitrogens is 1. The first-order chi connectivity index (χ1) is 12.8. The Kier molecular flexibility index (Phi) is 2.87. The first-order valence-corrected chi connectivity index (χ1v) is 7.04. The van der Waals surface area contributed by atoms with Crippen molar-refractivity contribution in [3.8, 4) is 22.4 Å². The average molecular weight is 322 g/mol. The molecule has 0 fully saturated rings. The Labute approximate surface area is 141 Å². The monoisotopic (exact) mass is 322 g/mol. The maximum absolute atomic E-state index is 11.2. The van der Waals surface area contributed by atoms with Gasteiger partial charge in [-0.1, -0.05) is 13.7 Å². The van der Waals surface area contributed by atoms with Gasteiger partial charge in [0.25, 0.3) is 0 Å². The van der Waals surface area contributed by atoms with Crippen molar-refractivity contribution >= 4 is 17.3 Å². The summed E-state index contributed by atoms with van der Waals surface area (Å²) >= 11 is 0.961. The van der Waals surface area contributed by atoms with Crippen molar-refractivity contribution in [2.45, 2.75) is 20.6 Å². The molecule has 1 N–H and O–H groups in total. The smallest absolute Gasteiger partial charge is 0.347 e. The molecule has 0 aliphatic heterocycles. The first kappa shape index (κ1) is 9.59. The van der Waals surface area contributed by atoms with E-state index in [0.717, 1.165) is 11.3 Å². The van der Waals surface area contributed by atoms with Crippen LogP contribution < -0.4 is 4.74 Å². The standard InChI is InChI=1S/C16H16N2O3S/c1-9(2)8-21-13-5-4-11(6-12(13)7-17)15-18-10(3)14(22-15)16(19)20/h4-6,9H,8H2,1-3H3,(H,19,20)/i1D3,2D3. The van der Waals surface area contributed by atoms with Crippen molar-refractivity contribution in [2.24, 2.45) is 5.92 Å². The predicted molar refractivity (Wildman–Crippen MR) is 84.3 cm³/mol. The van der Waals surface area contributed by atoms with E-state index in [2.05, 4.69) is 4.98 Å². The summed E-state index contributed by atoms with van der Waals surface area (Å²) in [7, 11) is 0. The highest BCUT2D eigenvalue weighted by Crippen LogP contribution is 2.31. The zero-order valence-corrected chi connectivity index (χ0v) is 12.4. The van der Waals surface area contributed by atoms with Gasteiger partial charge in [-0.3, -0.25) is 0 Å². The molecular formula is C16H16N2O3S. The quantitative estimate of drug-likeness (QED) is 0.907. The molecule has 1 aromatic carbocycles. The Balaban J connectivity index is 2.30. The largest absolute Gasteiger partial charge is 0.492 e. The van der Waals surface area contributed by atoms with Crippen LogP contribution in [0.1, 0.15) is 42.9 Å². The van der Waals surface area contributed by atoms with Gasteiger partial charge in [-0.2, -0.15) is 5.26 Å². The number of hydrogen-bond donors (Lipinski definition) is 1. The molecule has 22 heavy (non-hydrogen) atoms. The van der Waals surface area contributed by atoms with Gasteiger partial charge < -0.3 is 9.84 Å². The maximum atomic E-state index is 11.2. The molecule has 2 aromatic rings. The van der Waals surface area contributed by atoms with Gasteiger partial charge >= 0.3 is 5.97 Å². The highest BCUT2D eigenvalue weighted by atomic mass is 32.1. The molecule has 0 spiro atoms. The Morgan fingerprint density at radius 1 is 1.59 bits per heavy atom. The number of thiazole rings is 1. The lowest BCUT2D eigenvalue weighted by Crippen LogP contribution is -2.05. The lowest BCUT2D eigenvalue weighted by Gasteiger charge is -2.10. The molecule has 6 heteroatoms. The molecule has 5 nitrogen and oxygen atoms in total. The number of nitrogens with zero attached hydrogens (tertiary/aromatic N) is 2. The molecule has 0 amide bonds.